The van der Waals surface area contributed by atoms with E-state index >= 15 is 0 Å². The molecule has 3 N–H and O–H groups in total. The number of aryl methyl sites for hydroxylation is 2. The highest BCUT2D eigenvalue weighted by Gasteiger charge is 2.19. The summed E-state index contributed by atoms with van der Waals surface area (Å²) in [4.78, 5) is 6.27. The Hall–Kier alpha value is -1.44. The minimum absolute atomic E-state index is 0.0219. The first-order valence-corrected chi connectivity index (χ1v) is 8.67. The number of nitrogen functional groups attached to an aromatic ring is 1. The lowest BCUT2D eigenvalue weighted by molar-refractivity contribution is 0.582. The molecule has 0 saturated heterocycles. The van der Waals surface area contributed by atoms with Gasteiger partial charge in [-0.25, -0.2) is 18.1 Å². The van der Waals surface area contributed by atoms with Gasteiger partial charge in [-0.05, 0) is 43.0 Å². The van der Waals surface area contributed by atoms with Gasteiger partial charge in [-0.15, -0.1) is 11.3 Å². The monoisotopic (exact) mass is 309 g/mol. The van der Waals surface area contributed by atoms with Crippen molar-refractivity contribution in [1.29, 1.82) is 0 Å². The second-order valence-electron chi connectivity index (χ2n) is 4.73. The van der Waals surface area contributed by atoms with E-state index in [2.05, 4.69) is 15.8 Å². The molecule has 1 aliphatic rings. The predicted molar refractivity (Wildman–Crippen MR) is 79.0 cm³/mol. The van der Waals surface area contributed by atoms with Crippen LogP contribution in [0.5, 0.6) is 0 Å². The second kappa shape index (κ2) is 5.16. The van der Waals surface area contributed by atoms with Crippen LogP contribution in [0.1, 0.15) is 21.7 Å². The Labute approximate surface area is 121 Å². The van der Waals surface area contributed by atoms with Crippen molar-refractivity contribution in [3.63, 3.8) is 0 Å². The Morgan fingerprint density at radius 3 is 3.00 bits per heavy atom. The summed E-state index contributed by atoms with van der Waals surface area (Å²) < 4.78 is 26.9. The van der Waals surface area contributed by atoms with E-state index in [4.69, 9.17) is 5.73 Å². The molecule has 0 spiro atoms. The quantitative estimate of drug-likeness (QED) is 0.900. The second-order valence-corrected chi connectivity index (χ2v) is 7.68. The van der Waals surface area contributed by atoms with Crippen LogP contribution in [0, 0.1) is 0 Å². The van der Waals surface area contributed by atoms with Crippen molar-refractivity contribution in [2.45, 2.75) is 30.7 Å². The van der Waals surface area contributed by atoms with Gasteiger partial charge in [-0.3, -0.25) is 0 Å². The molecule has 0 amide bonds. The Morgan fingerprint density at radius 2 is 2.25 bits per heavy atom. The molecule has 0 bridgehead atoms. The largest absolute Gasteiger partial charge is 0.383 e. The van der Waals surface area contributed by atoms with Crippen molar-refractivity contribution in [3.8, 4) is 0 Å². The molecule has 106 valence electrons. The van der Waals surface area contributed by atoms with Crippen molar-refractivity contribution in [3.05, 3.63) is 39.7 Å². The number of thiophene rings is 1. The van der Waals surface area contributed by atoms with Gasteiger partial charge in [0, 0.05) is 22.5 Å². The zero-order valence-corrected chi connectivity index (χ0v) is 12.4. The van der Waals surface area contributed by atoms with Gasteiger partial charge < -0.3 is 5.73 Å². The van der Waals surface area contributed by atoms with Gasteiger partial charge in [-0.1, -0.05) is 0 Å². The third-order valence-corrected chi connectivity index (χ3v) is 6.01. The van der Waals surface area contributed by atoms with E-state index in [-0.39, 0.29) is 10.7 Å². The predicted octanol–water partition coefficient (Wildman–Crippen LogP) is 1.69. The fourth-order valence-corrected chi connectivity index (χ4v) is 4.73. The number of aromatic nitrogens is 1. The van der Waals surface area contributed by atoms with Crippen LogP contribution in [0.3, 0.4) is 0 Å². The summed E-state index contributed by atoms with van der Waals surface area (Å²) >= 11 is 1.69. The average Bonchev–Trinajstić information content (AvgIpc) is 2.97. The molecule has 7 heteroatoms. The molecule has 1 aliphatic carbocycles. The molecule has 0 aromatic carbocycles. The Morgan fingerprint density at radius 1 is 1.40 bits per heavy atom. The summed E-state index contributed by atoms with van der Waals surface area (Å²) in [6.45, 7) is 0.300. The SMILES string of the molecule is Nc1ncccc1S(=O)(=O)NCc1cc2c(s1)CCC2. The summed E-state index contributed by atoms with van der Waals surface area (Å²) in [5.74, 6) is 0.0219. The molecular weight excluding hydrogens is 294 g/mol. The van der Waals surface area contributed by atoms with E-state index < -0.39 is 10.0 Å². The van der Waals surface area contributed by atoms with Crippen molar-refractivity contribution in [1.82, 2.24) is 9.71 Å². The van der Waals surface area contributed by atoms with E-state index in [0.717, 1.165) is 17.7 Å². The molecule has 2 aromatic heterocycles. The third kappa shape index (κ3) is 2.56. The fraction of sp³-hybridized carbons (Fsp3) is 0.308. The van der Waals surface area contributed by atoms with Crippen LogP contribution in [0.25, 0.3) is 0 Å². The summed E-state index contributed by atoms with van der Waals surface area (Å²) in [6.07, 6.45) is 4.90. The van der Waals surface area contributed by atoms with Crippen molar-refractivity contribution in [2.75, 3.05) is 5.73 Å². The standard InChI is InChI=1S/C13H15N3O2S2/c14-13-12(5-2-6-15-13)20(17,18)16-8-10-7-9-3-1-4-11(9)19-10/h2,5-7,16H,1,3-4,8H2,(H2,14,15). The molecule has 2 aromatic rings. The number of nitrogens with one attached hydrogen (secondary N) is 1. The normalized spacial score (nSPS) is 14.4. The maximum Gasteiger partial charge on any atom is 0.244 e. The Kier molecular flexibility index (Phi) is 3.49. The van der Waals surface area contributed by atoms with Gasteiger partial charge in [0.05, 0.1) is 0 Å². The van der Waals surface area contributed by atoms with E-state index in [1.54, 1.807) is 17.4 Å². The topological polar surface area (TPSA) is 85.1 Å². The van der Waals surface area contributed by atoms with Crippen LogP contribution in [0.2, 0.25) is 0 Å². The summed E-state index contributed by atoms with van der Waals surface area (Å²) in [6, 6.07) is 5.12. The zero-order valence-electron chi connectivity index (χ0n) is 10.8. The molecule has 20 heavy (non-hydrogen) atoms. The molecule has 3 rings (SSSR count). The van der Waals surface area contributed by atoms with E-state index in [0.29, 0.717) is 6.54 Å². The number of pyridine rings is 1. The highest BCUT2D eigenvalue weighted by Crippen LogP contribution is 2.30. The lowest BCUT2D eigenvalue weighted by Crippen LogP contribution is -2.24. The van der Waals surface area contributed by atoms with Crippen LogP contribution in [0.15, 0.2) is 29.3 Å². The van der Waals surface area contributed by atoms with Crippen LogP contribution < -0.4 is 10.5 Å². The zero-order chi connectivity index (χ0) is 14.2. The number of hydrogen-bond donors (Lipinski definition) is 2. The molecule has 0 atom stereocenters. The van der Waals surface area contributed by atoms with Gasteiger partial charge in [0.25, 0.3) is 0 Å². The summed E-state index contributed by atoms with van der Waals surface area (Å²) in [5, 5.41) is 0. The van der Waals surface area contributed by atoms with Gasteiger partial charge in [0.1, 0.15) is 10.7 Å². The molecule has 2 heterocycles. The molecule has 5 nitrogen and oxygen atoms in total. The highest BCUT2D eigenvalue weighted by atomic mass is 32.2. The van der Waals surface area contributed by atoms with Crippen LogP contribution in [0.4, 0.5) is 5.82 Å². The van der Waals surface area contributed by atoms with Crippen molar-refractivity contribution >= 4 is 27.2 Å². The number of sulfonamides is 1. The maximum absolute atomic E-state index is 12.2. The van der Waals surface area contributed by atoms with E-state index in [1.807, 2.05) is 0 Å². The number of anilines is 1. The van der Waals surface area contributed by atoms with Gasteiger partial charge in [0.15, 0.2) is 0 Å². The smallest absolute Gasteiger partial charge is 0.244 e. The maximum atomic E-state index is 12.2. The Bertz CT molecular complexity index is 716. The van der Waals surface area contributed by atoms with Crippen molar-refractivity contribution < 1.29 is 8.42 Å². The van der Waals surface area contributed by atoms with Crippen LogP contribution in [-0.4, -0.2) is 13.4 Å². The number of hydrogen-bond acceptors (Lipinski definition) is 5. The number of nitrogens with two attached hydrogens (primary N) is 1. The molecule has 0 aliphatic heterocycles. The van der Waals surface area contributed by atoms with E-state index in [1.165, 1.54) is 29.1 Å². The van der Waals surface area contributed by atoms with Gasteiger partial charge in [0.2, 0.25) is 10.0 Å². The van der Waals surface area contributed by atoms with E-state index in [9.17, 15) is 8.42 Å². The lowest BCUT2D eigenvalue weighted by Gasteiger charge is -2.07. The summed E-state index contributed by atoms with van der Waals surface area (Å²) in [7, 11) is -3.61. The van der Waals surface area contributed by atoms with Crippen LogP contribution >= 0.6 is 11.3 Å². The number of rotatable bonds is 4. The molecular formula is C13H15N3O2S2. The lowest BCUT2D eigenvalue weighted by atomic mass is 10.2. The highest BCUT2D eigenvalue weighted by molar-refractivity contribution is 7.89. The van der Waals surface area contributed by atoms with Gasteiger partial charge >= 0.3 is 0 Å². The molecule has 0 radical (unpaired) electrons. The van der Waals surface area contributed by atoms with Crippen LogP contribution in [-0.2, 0) is 29.4 Å². The first-order chi connectivity index (χ1) is 9.56. The fourth-order valence-electron chi connectivity index (χ4n) is 2.35. The average molecular weight is 309 g/mol. The first kappa shape index (κ1) is 13.5. The van der Waals surface area contributed by atoms with Gasteiger partial charge in [-0.2, -0.15) is 0 Å². The first-order valence-electron chi connectivity index (χ1n) is 6.37. The third-order valence-electron chi connectivity index (χ3n) is 3.32. The molecule has 0 saturated carbocycles. The number of fused-ring (bicyclic) bond motifs is 1. The Balaban J connectivity index is 1.75. The molecule has 0 unspecified atom stereocenters. The minimum Gasteiger partial charge on any atom is -0.383 e. The number of nitrogens with zero attached hydrogens (tertiary/aromatic N) is 1. The van der Waals surface area contributed by atoms with Crippen molar-refractivity contribution in [2.24, 2.45) is 0 Å². The summed E-state index contributed by atoms with van der Waals surface area (Å²) in [5.41, 5.74) is 6.97. The minimum atomic E-state index is -3.61. The molecule has 0 fully saturated rings.